The molecule has 2 rings (SSSR count). The van der Waals surface area contributed by atoms with Crippen LogP contribution in [0.3, 0.4) is 0 Å². The second-order valence-electron chi connectivity index (χ2n) is 5.33. The van der Waals surface area contributed by atoms with Crippen molar-refractivity contribution in [3.8, 4) is 0 Å². The largest absolute Gasteiger partial charge is 0.326 e. The van der Waals surface area contributed by atoms with E-state index in [9.17, 15) is 9.59 Å². The predicted molar refractivity (Wildman–Crippen MR) is 84.5 cm³/mol. The van der Waals surface area contributed by atoms with Crippen molar-refractivity contribution in [2.75, 3.05) is 6.54 Å². The number of nitrogens with zero attached hydrogens (tertiary/aromatic N) is 1. The van der Waals surface area contributed by atoms with Crippen LogP contribution in [0.25, 0.3) is 0 Å². The number of hydrogen-bond acceptors (Lipinski definition) is 4. The molecule has 1 aromatic carbocycles. The number of imide groups is 1. The summed E-state index contributed by atoms with van der Waals surface area (Å²) >= 11 is 3.41. The average molecular weight is 354 g/mol. The third-order valence-corrected chi connectivity index (χ3v) is 4.44. The van der Waals surface area contributed by atoms with Gasteiger partial charge in [-0.25, -0.2) is 0 Å². The van der Waals surface area contributed by atoms with Crippen LogP contribution >= 0.6 is 15.9 Å². The first-order valence-electron chi connectivity index (χ1n) is 7.04. The van der Waals surface area contributed by atoms with Crippen LogP contribution in [-0.4, -0.2) is 35.3 Å². The van der Waals surface area contributed by atoms with Crippen molar-refractivity contribution >= 4 is 27.7 Å². The molecule has 2 amide bonds. The van der Waals surface area contributed by atoms with E-state index in [0.29, 0.717) is 0 Å². The van der Waals surface area contributed by atoms with E-state index in [-0.39, 0.29) is 36.5 Å². The van der Waals surface area contributed by atoms with Gasteiger partial charge in [-0.1, -0.05) is 35.0 Å². The van der Waals surface area contributed by atoms with Crippen molar-refractivity contribution in [1.29, 1.82) is 0 Å². The Morgan fingerprint density at radius 2 is 2.00 bits per heavy atom. The second-order valence-corrected chi connectivity index (χ2v) is 6.24. The zero-order valence-corrected chi connectivity index (χ0v) is 13.8. The van der Waals surface area contributed by atoms with Crippen LogP contribution in [0.2, 0.25) is 0 Å². The highest BCUT2D eigenvalue weighted by atomic mass is 79.9. The number of carbonyl (C=O) groups excluding carboxylic acids is 2. The molecule has 0 spiro atoms. The van der Waals surface area contributed by atoms with Crippen molar-refractivity contribution in [1.82, 2.24) is 10.2 Å². The summed E-state index contributed by atoms with van der Waals surface area (Å²) in [5.74, 6) is -0.542. The number of carbonyl (C=O) groups is 2. The summed E-state index contributed by atoms with van der Waals surface area (Å²) in [5, 5.41) is 2.36. The van der Waals surface area contributed by atoms with Crippen molar-refractivity contribution in [3.63, 3.8) is 0 Å². The van der Waals surface area contributed by atoms with E-state index in [0.717, 1.165) is 16.5 Å². The molecule has 5 nitrogen and oxygen atoms in total. The first kappa shape index (κ1) is 16.1. The van der Waals surface area contributed by atoms with Crippen LogP contribution in [0.5, 0.6) is 0 Å². The number of piperazine rings is 1. The van der Waals surface area contributed by atoms with E-state index < -0.39 is 0 Å². The maximum atomic E-state index is 11.9. The molecule has 0 bridgehead atoms. The zero-order valence-electron chi connectivity index (χ0n) is 12.2. The highest BCUT2D eigenvalue weighted by molar-refractivity contribution is 9.10. The van der Waals surface area contributed by atoms with Gasteiger partial charge in [0.25, 0.3) is 0 Å². The van der Waals surface area contributed by atoms with Crippen LogP contribution in [0.4, 0.5) is 0 Å². The number of nitrogens with two attached hydrogens (primary N) is 1. The monoisotopic (exact) mass is 353 g/mol. The maximum absolute atomic E-state index is 11.9. The molecule has 1 aromatic rings. The first-order valence-corrected chi connectivity index (χ1v) is 7.83. The van der Waals surface area contributed by atoms with E-state index in [4.69, 9.17) is 5.73 Å². The predicted octanol–water partition coefficient (Wildman–Crippen LogP) is 1.57. The van der Waals surface area contributed by atoms with Crippen LogP contribution in [0, 0.1) is 0 Å². The maximum Gasteiger partial charge on any atom is 0.243 e. The zero-order chi connectivity index (χ0) is 15.6. The molecule has 0 aliphatic carbocycles. The number of hydrogen-bond donors (Lipinski definition) is 2. The van der Waals surface area contributed by atoms with Gasteiger partial charge in [0.15, 0.2) is 0 Å². The Hall–Kier alpha value is -1.24. The van der Waals surface area contributed by atoms with Crippen LogP contribution in [0.15, 0.2) is 28.7 Å². The van der Waals surface area contributed by atoms with Gasteiger partial charge in [0.1, 0.15) is 0 Å². The molecule has 1 aliphatic heterocycles. The van der Waals surface area contributed by atoms with Crippen LogP contribution < -0.4 is 11.1 Å². The number of rotatable bonds is 4. The molecule has 0 saturated carbocycles. The molecule has 1 fully saturated rings. The molecule has 1 saturated heterocycles. The fourth-order valence-corrected chi connectivity index (χ4v) is 2.91. The Morgan fingerprint density at radius 3 is 2.57 bits per heavy atom. The second kappa shape index (κ2) is 6.68. The molecule has 21 heavy (non-hydrogen) atoms. The van der Waals surface area contributed by atoms with Gasteiger partial charge in [0.05, 0.1) is 18.6 Å². The minimum absolute atomic E-state index is 0.146. The van der Waals surface area contributed by atoms with Gasteiger partial charge < -0.3 is 5.73 Å². The minimum atomic E-state index is -0.381. The Kier molecular flexibility index (Phi) is 5.13. The number of amides is 2. The number of benzene rings is 1. The van der Waals surface area contributed by atoms with Gasteiger partial charge in [0, 0.05) is 10.5 Å². The van der Waals surface area contributed by atoms with E-state index in [1.54, 1.807) is 6.92 Å². The van der Waals surface area contributed by atoms with E-state index in [1.165, 1.54) is 0 Å². The molecule has 3 N–H and O–H groups in total. The van der Waals surface area contributed by atoms with E-state index in [2.05, 4.69) is 21.2 Å². The molecular weight excluding hydrogens is 334 g/mol. The molecule has 0 aromatic heterocycles. The van der Waals surface area contributed by atoms with Gasteiger partial charge in [-0.3, -0.25) is 19.8 Å². The Bertz CT molecular complexity index is 532. The third kappa shape index (κ3) is 3.51. The summed E-state index contributed by atoms with van der Waals surface area (Å²) in [6.45, 7) is 3.99. The van der Waals surface area contributed by atoms with Crippen molar-refractivity contribution in [2.45, 2.75) is 38.4 Å². The van der Waals surface area contributed by atoms with E-state index in [1.807, 2.05) is 36.1 Å². The molecular formula is C15H20BrN3O2. The highest BCUT2D eigenvalue weighted by Gasteiger charge is 2.37. The summed E-state index contributed by atoms with van der Waals surface area (Å²) in [6, 6.07) is 7.17. The van der Waals surface area contributed by atoms with Crippen molar-refractivity contribution in [2.24, 2.45) is 5.73 Å². The molecule has 0 radical (unpaired) electrons. The van der Waals surface area contributed by atoms with Crippen LogP contribution in [-0.2, 0) is 9.59 Å². The van der Waals surface area contributed by atoms with Crippen molar-refractivity contribution < 1.29 is 9.59 Å². The Morgan fingerprint density at radius 1 is 1.38 bits per heavy atom. The standard InChI is InChI=1S/C15H20BrN3O2/c1-3-12(17)14(10-4-6-11(16)7-5-10)19-8-13(20)18-15(21)9(19)2/h4-7,9,12,14H,3,8,17H2,1-2H3,(H,18,20,21). The first-order chi connectivity index (χ1) is 9.93. The quantitative estimate of drug-likeness (QED) is 0.805. The summed E-state index contributed by atoms with van der Waals surface area (Å²) in [6.07, 6.45) is 0.764. The van der Waals surface area contributed by atoms with Gasteiger partial charge in [-0.15, -0.1) is 0 Å². The molecule has 3 atom stereocenters. The summed E-state index contributed by atoms with van der Waals surface area (Å²) in [7, 11) is 0. The van der Waals surface area contributed by atoms with Gasteiger partial charge in [0.2, 0.25) is 11.8 Å². The smallest absolute Gasteiger partial charge is 0.243 e. The number of nitrogens with one attached hydrogen (secondary N) is 1. The SMILES string of the molecule is CCC(N)C(c1ccc(Br)cc1)N1CC(=O)NC(=O)C1C. The fraction of sp³-hybridized carbons (Fsp3) is 0.467. The minimum Gasteiger partial charge on any atom is -0.326 e. The summed E-state index contributed by atoms with van der Waals surface area (Å²) < 4.78 is 0.982. The lowest BCUT2D eigenvalue weighted by Gasteiger charge is -2.40. The van der Waals surface area contributed by atoms with Gasteiger partial charge in [-0.05, 0) is 31.0 Å². The third-order valence-electron chi connectivity index (χ3n) is 3.91. The highest BCUT2D eigenvalue weighted by Crippen LogP contribution is 2.29. The van der Waals surface area contributed by atoms with Gasteiger partial charge >= 0.3 is 0 Å². The fourth-order valence-electron chi connectivity index (χ4n) is 2.64. The van der Waals surface area contributed by atoms with Crippen molar-refractivity contribution in [3.05, 3.63) is 34.3 Å². The molecule has 1 aliphatic rings. The lowest BCUT2D eigenvalue weighted by molar-refractivity contribution is -0.141. The lowest BCUT2D eigenvalue weighted by Crippen LogP contribution is -2.59. The summed E-state index contributed by atoms with van der Waals surface area (Å²) in [4.78, 5) is 25.5. The number of halogens is 1. The lowest BCUT2D eigenvalue weighted by atomic mass is 9.94. The van der Waals surface area contributed by atoms with E-state index >= 15 is 0 Å². The van der Waals surface area contributed by atoms with Crippen LogP contribution in [0.1, 0.15) is 31.9 Å². The molecule has 3 unspecified atom stereocenters. The normalized spacial score (nSPS) is 22.8. The molecule has 6 heteroatoms. The average Bonchev–Trinajstić information content (AvgIpc) is 2.46. The Labute approximate surface area is 133 Å². The molecule has 1 heterocycles. The molecule has 114 valence electrons. The Balaban J connectivity index is 2.37. The van der Waals surface area contributed by atoms with Gasteiger partial charge in [-0.2, -0.15) is 0 Å². The summed E-state index contributed by atoms with van der Waals surface area (Å²) in [5.41, 5.74) is 7.29. The topological polar surface area (TPSA) is 75.4 Å².